The van der Waals surface area contributed by atoms with E-state index in [4.69, 9.17) is 0 Å². The third-order valence-corrected chi connectivity index (χ3v) is 4.23. The molecule has 122 valence electrons. The van der Waals surface area contributed by atoms with Gasteiger partial charge in [-0.2, -0.15) is 0 Å². The molecular formula is C19H30N2O. The molecule has 3 nitrogen and oxygen atoms in total. The maximum absolute atomic E-state index is 11.9. The van der Waals surface area contributed by atoms with Crippen molar-refractivity contribution in [3.8, 4) is 0 Å². The lowest BCUT2D eigenvalue weighted by Crippen LogP contribution is -2.38. The van der Waals surface area contributed by atoms with Gasteiger partial charge in [-0.3, -0.25) is 4.79 Å². The molecule has 1 aliphatic rings. The summed E-state index contributed by atoms with van der Waals surface area (Å²) in [6.07, 6.45) is 2.27. The van der Waals surface area contributed by atoms with Gasteiger partial charge in [-0.25, -0.2) is 0 Å². The molecular weight excluding hydrogens is 272 g/mol. The Kier molecular flexibility index (Phi) is 5.28. The first-order valence-corrected chi connectivity index (χ1v) is 8.40. The zero-order valence-electron chi connectivity index (χ0n) is 14.6. The van der Waals surface area contributed by atoms with E-state index >= 15 is 0 Å². The molecule has 0 radical (unpaired) electrons. The molecule has 0 aliphatic heterocycles. The van der Waals surface area contributed by atoms with E-state index in [-0.39, 0.29) is 17.4 Å². The molecule has 1 aliphatic carbocycles. The molecule has 2 rings (SSSR count). The third kappa shape index (κ3) is 4.84. The van der Waals surface area contributed by atoms with Gasteiger partial charge in [-0.05, 0) is 35.3 Å². The average Bonchev–Trinajstić information content (AvgIpc) is 3.22. The fourth-order valence-electron chi connectivity index (χ4n) is 2.64. The predicted octanol–water partition coefficient (Wildman–Crippen LogP) is 3.55. The SMILES string of the molecule is CC(C)C(NCC(=O)NC1CC1)c1ccc(C(C)(C)C)cc1. The van der Waals surface area contributed by atoms with Crippen LogP contribution in [-0.4, -0.2) is 18.5 Å². The van der Waals surface area contributed by atoms with E-state index in [1.165, 1.54) is 11.1 Å². The first-order chi connectivity index (χ1) is 10.3. The van der Waals surface area contributed by atoms with Crippen molar-refractivity contribution < 1.29 is 4.79 Å². The van der Waals surface area contributed by atoms with Gasteiger partial charge >= 0.3 is 0 Å². The summed E-state index contributed by atoms with van der Waals surface area (Å²) in [6.45, 7) is 11.4. The first kappa shape index (κ1) is 17.0. The zero-order valence-corrected chi connectivity index (χ0v) is 14.6. The Hall–Kier alpha value is -1.35. The minimum atomic E-state index is 0.111. The molecule has 0 aromatic heterocycles. The van der Waals surface area contributed by atoms with Crippen LogP contribution in [0.5, 0.6) is 0 Å². The number of rotatable bonds is 6. The van der Waals surface area contributed by atoms with E-state index in [1.807, 2.05) is 0 Å². The van der Waals surface area contributed by atoms with Gasteiger partial charge in [0.1, 0.15) is 0 Å². The molecule has 1 fully saturated rings. The van der Waals surface area contributed by atoms with Crippen LogP contribution in [0.3, 0.4) is 0 Å². The third-order valence-electron chi connectivity index (χ3n) is 4.23. The van der Waals surface area contributed by atoms with Gasteiger partial charge in [-0.1, -0.05) is 58.9 Å². The molecule has 3 heteroatoms. The summed E-state index contributed by atoms with van der Waals surface area (Å²) in [4.78, 5) is 11.9. The van der Waals surface area contributed by atoms with Crippen LogP contribution in [0.1, 0.15) is 64.6 Å². The molecule has 1 amide bonds. The van der Waals surface area contributed by atoms with E-state index < -0.39 is 0 Å². The maximum atomic E-state index is 11.9. The van der Waals surface area contributed by atoms with Crippen molar-refractivity contribution in [1.82, 2.24) is 10.6 Å². The predicted molar refractivity (Wildman–Crippen MR) is 91.9 cm³/mol. The lowest BCUT2D eigenvalue weighted by atomic mass is 9.85. The van der Waals surface area contributed by atoms with Crippen molar-refractivity contribution in [2.75, 3.05) is 6.54 Å². The zero-order chi connectivity index (χ0) is 16.3. The molecule has 1 aromatic carbocycles. The molecule has 1 atom stereocenters. The molecule has 0 heterocycles. The van der Waals surface area contributed by atoms with E-state index in [9.17, 15) is 4.79 Å². The van der Waals surface area contributed by atoms with Gasteiger partial charge in [-0.15, -0.1) is 0 Å². The fourth-order valence-corrected chi connectivity index (χ4v) is 2.64. The number of carbonyl (C=O) groups excluding carboxylic acids is 1. The first-order valence-electron chi connectivity index (χ1n) is 8.40. The van der Waals surface area contributed by atoms with Crippen molar-refractivity contribution >= 4 is 5.91 Å². The number of carbonyl (C=O) groups is 1. The Bertz CT molecular complexity index is 495. The molecule has 1 saturated carbocycles. The molecule has 0 spiro atoms. The summed E-state index contributed by atoms with van der Waals surface area (Å²) < 4.78 is 0. The molecule has 1 unspecified atom stereocenters. The lowest BCUT2D eigenvalue weighted by molar-refractivity contribution is -0.120. The minimum absolute atomic E-state index is 0.111. The van der Waals surface area contributed by atoms with E-state index in [1.54, 1.807) is 0 Å². The molecule has 1 aromatic rings. The topological polar surface area (TPSA) is 41.1 Å². The fraction of sp³-hybridized carbons (Fsp3) is 0.632. The highest BCUT2D eigenvalue weighted by Crippen LogP contribution is 2.26. The largest absolute Gasteiger partial charge is 0.352 e. The second-order valence-electron chi connectivity index (χ2n) is 7.82. The summed E-state index contributed by atoms with van der Waals surface area (Å²) >= 11 is 0. The van der Waals surface area contributed by atoms with Crippen LogP contribution in [0.15, 0.2) is 24.3 Å². The van der Waals surface area contributed by atoms with Crippen LogP contribution in [-0.2, 0) is 10.2 Å². The van der Waals surface area contributed by atoms with Gasteiger partial charge in [0.05, 0.1) is 6.54 Å². The summed E-state index contributed by atoms with van der Waals surface area (Å²) in [6, 6.07) is 9.43. The summed E-state index contributed by atoms with van der Waals surface area (Å²) in [7, 11) is 0. The summed E-state index contributed by atoms with van der Waals surface area (Å²) in [5, 5.41) is 6.44. The smallest absolute Gasteiger partial charge is 0.234 e. The van der Waals surface area contributed by atoms with Crippen molar-refractivity contribution in [2.24, 2.45) is 5.92 Å². The Morgan fingerprint density at radius 1 is 1.18 bits per heavy atom. The highest BCUT2D eigenvalue weighted by molar-refractivity contribution is 5.78. The van der Waals surface area contributed by atoms with Crippen LogP contribution in [0.4, 0.5) is 0 Å². The summed E-state index contributed by atoms with van der Waals surface area (Å²) in [5.41, 5.74) is 2.76. The molecule has 0 saturated heterocycles. The molecule has 22 heavy (non-hydrogen) atoms. The Labute approximate surface area is 134 Å². The molecule has 2 N–H and O–H groups in total. The van der Waals surface area contributed by atoms with Crippen LogP contribution in [0.2, 0.25) is 0 Å². The average molecular weight is 302 g/mol. The quantitative estimate of drug-likeness (QED) is 0.844. The number of benzene rings is 1. The van der Waals surface area contributed by atoms with Gasteiger partial charge in [0.2, 0.25) is 5.91 Å². The molecule has 0 bridgehead atoms. The van der Waals surface area contributed by atoms with Gasteiger partial charge in [0, 0.05) is 12.1 Å². The second kappa shape index (κ2) is 6.82. The minimum Gasteiger partial charge on any atom is -0.352 e. The lowest BCUT2D eigenvalue weighted by Gasteiger charge is -2.25. The van der Waals surface area contributed by atoms with Gasteiger partial charge < -0.3 is 10.6 Å². The van der Waals surface area contributed by atoms with Crippen LogP contribution in [0.25, 0.3) is 0 Å². The Balaban J connectivity index is 1.99. The highest BCUT2D eigenvalue weighted by Gasteiger charge is 2.24. The van der Waals surface area contributed by atoms with Crippen molar-refractivity contribution in [3.05, 3.63) is 35.4 Å². The van der Waals surface area contributed by atoms with Crippen molar-refractivity contribution in [3.63, 3.8) is 0 Å². The normalized spacial score (nSPS) is 16.6. The number of hydrogen-bond donors (Lipinski definition) is 2. The summed E-state index contributed by atoms with van der Waals surface area (Å²) in [5.74, 6) is 0.550. The van der Waals surface area contributed by atoms with E-state index in [0.29, 0.717) is 18.5 Å². The number of nitrogens with one attached hydrogen (secondary N) is 2. The van der Waals surface area contributed by atoms with Crippen LogP contribution < -0.4 is 10.6 Å². The second-order valence-corrected chi connectivity index (χ2v) is 7.82. The van der Waals surface area contributed by atoms with Gasteiger partial charge in [0.15, 0.2) is 0 Å². The number of hydrogen-bond acceptors (Lipinski definition) is 2. The Morgan fingerprint density at radius 3 is 2.23 bits per heavy atom. The van der Waals surface area contributed by atoms with E-state index in [0.717, 1.165) is 12.8 Å². The monoisotopic (exact) mass is 302 g/mol. The Morgan fingerprint density at radius 2 is 1.77 bits per heavy atom. The van der Waals surface area contributed by atoms with Gasteiger partial charge in [0.25, 0.3) is 0 Å². The standard InChI is InChI=1S/C19H30N2O/c1-13(2)18(20-12-17(22)21-16-10-11-16)14-6-8-15(9-7-14)19(3,4)5/h6-9,13,16,18,20H,10-12H2,1-5H3,(H,21,22). The van der Waals surface area contributed by atoms with Crippen molar-refractivity contribution in [2.45, 2.75) is 65.0 Å². The van der Waals surface area contributed by atoms with Crippen LogP contribution >= 0.6 is 0 Å². The highest BCUT2D eigenvalue weighted by atomic mass is 16.2. The van der Waals surface area contributed by atoms with Crippen LogP contribution in [0, 0.1) is 5.92 Å². The maximum Gasteiger partial charge on any atom is 0.234 e. The van der Waals surface area contributed by atoms with E-state index in [2.05, 4.69) is 69.5 Å². The van der Waals surface area contributed by atoms with Crippen molar-refractivity contribution in [1.29, 1.82) is 0 Å². The number of amides is 1.